The number of ether oxygens (including phenoxy) is 1. The molecule has 0 radical (unpaired) electrons. The monoisotopic (exact) mass is 268 g/mol. The number of primary amides is 1. The molecule has 1 fully saturated rings. The fraction of sp³-hybridized carbons (Fsp3) is 0.462. The molecule has 1 aliphatic carbocycles. The largest absolute Gasteiger partial charge is 0.446 e. The summed E-state index contributed by atoms with van der Waals surface area (Å²) in [6.07, 6.45) is 2.96. The van der Waals surface area contributed by atoms with Crippen molar-refractivity contribution in [2.45, 2.75) is 37.8 Å². The highest BCUT2D eigenvalue weighted by molar-refractivity contribution is 6.30. The molecule has 3 N–H and O–H groups in total. The minimum absolute atomic E-state index is 0.0224. The predicted molar refractivity (Wildman–Crippen MR) is 71.8 cm³/mol. The van der Waals surface area contributed by atoms with Gasteiger partial charge >= 0.3 is 6.09 Å². The molecule has 0 bridgehead atoms. The molecule has 18 heavy (non-hydrogen) atoms. The predicted octanol–water partition coefficient (Wildman–Crippen LogP) is 3.16. The summed E-state index contributed by atoms with van der Waals surface area (Å²) in [6.45, 7) is 0. The smallest absolute Gasteiger partial charge is 0.404 e. The van der Waals surface area contributed by atoms with Crippen molar-refractivity contribution in [1.29, 1.82) is 0 Å². The van der Waals surface area contributed by atoms with E-state index in [0.717, 1.165) is 36.4 Å². The molecule has 0 aliphatic heterocycles. The summed E-state index contributed by atoms with van der Waals surface area (Å²) < 4.78 is 5.00. The van der Waals surface area contributed by atoms with Crippen LogP contribution in [0, 0.1) is 0 Å². The Hall–Kier alpha value is -1.42. The van der Waals surface area contributed by atoms with Crippen molar-refractivity contribution in [1.82, 2.24) is 0 Å². The summed E-state index contributed by atoms with van der Waals surface area (Å²) in [5.41, 5.74) is 6.07. The highest BCUT2D eigenvalue weighted by Gasteiger charge is 2.23. The lowest BCUT2D eigenvalue weighted by molar-refractivity contribution is 0.0806. The third-order valence-corrected chi connectivity index (χ3v) is 3.42. The van der Waals surface area contributed by atoms with E-state index >= 15 is 0 Å². The van der Waals surface area contributed by atoms with E-state index in [1.54, 1.807) is 0 Å². The third-order valence-electron chi connectivity index (χ3n) is 3.17. The van der Waals surface area contributed by atoms with E-state index in [1.165, 1.54) is 0 Å². The Morgan fingerprint density at radius 2 is 1.83 bits per heavy atom. The van der Waals surface area contributed by atoms with Crippen LogP contribution in [0.25, 0.3) is 0 Å². The van der Waals surface area contributed by atoms with Crippen LogP contribution in [-0.2, 0) is 4.74 Å². The molecular formula is C13H17ClN2O2. The van der Waals surface area contributed by atoms with Crippen molar-refractivity contribution in [2.75, 3.05) is 5.32 Å². The topological polar surface area (TPSA) is 64.4 Å². The van der Waals surface area contributed by atoms with Gasteiger partial charge < -0.3 is 15.8 Å². The van der Waals surface area contributed by atoms with Gasteiger partial charge in [-0.3, -0.25) is 0 Å². The molecule has 0 spiro atoms. The van der Waals surface area contributed by atoms with Crippen LogP contribution in [0.1, 0.15) is 25.7 Å². The molecule has 1 saturated carbocycles. The maximum atomic E-state index is 10.6. The van der Waals surface area contributed by atoms with E-state index < -0.39 is 6.09 Å². The van der Waals surface area contributed by atoms with Gasteiger partial charge in [-0.05, 0) is 49.9 Å². The Balaban J connectivity index is 1.79. The fourth-order valence-electron chi connectivity index (χ4n) is 2.27. The number of anilines is 1. The number of hydrogen-bond donors (Lipinski definition) is 2. The number of amides is 1. The third kappa shape index (κ3) is 3.81. The van der Waals surface area contributed by atoms with Gasteiger partial charge in [-0.15, -0.1) is 0 Å². The Labute approximate surface area is 111 Å². The minimum Gasteiger partial charge on any atom is -0.446 e. The van der Waals surface area contributed by atoms with Crippen molar-refractivity contribution in [3.8, 4) is 0 Å². The Kier molecular flexibility index (Phi) is 4.31. The number of hydrogen-bond acceptors (Lipinski definition) is 3. The zero-order valence-electron chi connectivity index (χ0n) is 10.1. The molecule has 1 amide bonds. The van der Waals surface area contributed by atoms with Crippen molar-refractivity contribution in [3.63, 3.8) is 0 Å². The van der Waals surface area contributed by atoms with Crippen LogP contribution < -0.4 is 11.1 Å². The average molecular weight is 269 g/mol. The number of benzene rings is 1. The summed E-state index contributed by atoms with van der Waals surface area (Å²) in [6, 6.07) is 8.08. The number of halogens is 1. The van der Waals surface area contributed by atoms with Gasteiger partial charge in [-0.25, -0.2) is 4.79 Å². The number of nitrogens with two attached hydrogens (primary N) is 1. The second kappa shape index (κ2) is 5.96. The van der Waals surface area contributed by atoms with Gasteiger partial charge in [0, 0.05) is 16.8 Å². The molecule has 0 aromatic heterocycles. The zero-order valence-corrected chi connectivity index (χ0v) is 10.8. The van der Waals surface area contributed by atoms with Crippen molar-refractivity contribution in [3.05, 3.63) is 29.3 Å². The van der Waals surface area contributed by atoms with Crippen molar-refractivity contribution >= 4 is 23.4 Å². The standard InChI is InChI=1S/C13H17ClN2O2/c14-9-1-3-10(4-2-9)16-11-5-7-12(8-6-11)18-13(15)17/h1-4,11-12,16H,5-8H2,(H2,15,17). The number of carbonyl (C=O) groups is 1. The Morgan fingerprint density at radius 3 is 2.39 bits per heavy atom. The fourth-order valence-corrected chi connectivity index (χ4v) is 2.40. The first-order chi connectivity index (χ1) is 8.63. The van der Waals surface area contributed by atoms with Crippen LogP contribution in [0.3, 0.4) is 0 Å². The van der Waals surface area contributed by atoms with Crippen molar-refractivity contribution < 1.29 is 9.53 Å². The number of carbonyl (C=O) groups excluding carboxylic acids is 1. The number of rotatable bonds is 3. The highest BCUT2D eigenvalue weighted by Crippen LogP contribution is 2.24. The van der Waals surface area contributed by atoms with Crippen LogP contribution in [0.2, 0.25) is 5.02 Å². The summed E-state index contributed by atoms with van der Waals surface area (Å²) in [5, 5.41) is 4.19. The number of nitrogens with one attached hydrogen (secondary N) is 1. The SMILES string of the molecule is NC(=O)OC1CCC(Nc2ccc(Cl)cc2)CC1. The maximum absolute atomic E-state index is 10.6. The van der Waals surface area contributed by atoms with Crippen LogP contribution in [-0.4, -0.2) is 18.2 Å². The van der Waals surface area contributed by atoms with E-state index in [9.17, 15) is 4.79 Å². The van der Waals surface area contributed by atoms with E-state index in [1.807, 2.05) is 24.3 Å². The molecule has 98 valence electrons. The van der Waals surface area contributed by atoms with Crippen LogP contribution in [0.4, 0.5) is 10.5 Å². The second-order valence-corrected chi connectivity index (χ2v) is 5.00. The maximum Gasteiger partial charge on any atom is 0.404 e. The van der Waals surface area contributed by atoms with Gasteiger partial charge in [0.05, 0.1) is 0 Å². The Morgan fingerprint density at radius 1 is 1.22 bits per heavy atom. The molecule has 1 aromatic rings. The van der Waals surface area contributed by atoms with Gasteiger partial charge in [0.2, 0.25) is 0 Å². The van der Waals surface area contributed by atoms with Gasteiger partial charge in [0.1, 0.15) is 6.10 Å². The normalized spacial score (nSPS) is 23.4. The molecule has 4 nitrogen and oxygen atoms in total. The summed E-state index contributed by atoms with van der Waals surface area (Å²) in [4.78, 5) is 10.6. The zero-order chi connectivity index (χ0) is 13.0. The van der Waals surface area contributed by atoms with Crippen LogP contribution in [0.5, 0.6) is 0 Å². The molecule has 0 saturated heterocycles. The molecule has 1 aliphatic rings. The second-order valence-electron chi connectivity index (χ2n) is 4.56. The first-order valence-corrected chi connectivity index (χ1v) is 6.49. The molecule has 5 heteroatoms. The first-order valence-electron chi connectivity index (χ1n) is 6.11. The first kappa shape index (κ1) is 13.0. The molecule has 0 atom stereocenters. The minimum atomic E-state index is -0.677. The lowest BCUT2D eigenvalue weighted by Gasteiger charge is -2.29. The van der Waals surface area contributed by atoms with Gasteiger partial charge in [-0.1, -0.05) is 11.6 Å². The molecule has 2 rings (SSSR count). The van der Waals surface area contributed by atoms with E-state index in [2.05, 4.69) is 5.32 Å². The van der Waals surface area contributed by atoms with E-state index in [-0.39, 0.29) is 6.10 Å². The quantitative estimate of drug-likeness (QED) is 0.885. The average Bonchev–Trinajstić information content (AvgIpc) is 2.34. The van der Waals surface area contributed by atoms with Crippen LogP contribution in [0.15, 0.2) is 24.3 Å². The molecule has 1 aromatic carbocycles. The van der Waals surface area contributed by atoms with E-state index in [4.69, 9.17) is 22.1 Å². The van der Waals surface area contributed by atoms with E-state index in [0.29, 0.717) is 6.04 Å². The van der Waals surface area contributed by atoms with Gasteiger partial charge in [0.25, 0.3) is 0 Å². The lowest BCUT2D eigenvalue weighted by atomic mass is 9.93. The summed E-state index contributed by atoms with van der Waals surface area (Å²) >= 11 is 5.83. The molecule has 0 unspecified atom stereocenters. The van der Waals surface area contributed by atoms with Crippen LogP contribution >= 0.6 is 11.6 Å². The summed E-state index contributed by atoms with van der Waals surface area (Å²) in [5.74, 6) is 0. The highest BCUT2D eigenvalue weighted by atomic mass is 35.5. The molecule has 0 heterocycles. The van der Waals surface area contributed by atoms with Gasteiger partial charge in [-0.2, -0.15) is 0 Å². The summed E-state index contributed by atoms with van der Waals surface area (Å²) in [7, 11) is 0. The lowest BCUT2D eigenvalue weighted by Crippen LogP contribution is -2.32. The molecular weight excluding hydrogens is 252 g/mol. The Bertz CT molecular complexity index is 400. The van der Waals surface area contributed by atoms with Crippen molar-refractivity contribution in [2.24, 2.45) is 5.73 Å². The van der Waals surface area contributed by atoms with Gasteiger partial charge in [0.15, 0.2) is 0 Å².